The van der Waals surface area contributed by atoms with Gasteiger partial charge in [0, 0.05) is 13.1 Å². The molecule has 2 rings (SSSR count). The van der Waals surface area contributed by atoms with Crippen molar-refractivity contribution in [3.8, 4) is 11.5 Å². The van der Waals surface area contributed by atoms with Gasteiger partial charge in [-0.25, -0.2) is 0 Å². The number of hydrogen-bond acceptors (Lipinski definition) is 3. The van der Waals surface area contributed by atoms with Crippen LogP contribution < -0.4 is 9.57 Å². The Hall–Kier alpha value is -1.22. The van der Waals surface area contributed by atoms with Gasteiger partial charge < -0.3 is 9.57 Å². The first-order valence-corrected chi connectivity index (χ1v) is 4.95. The zero-order valence-corrected chi connectivity index (χ0v) is 8.40. The molecule has 3 nitrogen and oxygen atoms in total. The number of methoxy groups -OCH3 is 1. The van der Waals surface area contributed by atoms with Gasteiger partial charge in [-0.15, -0.1) is 5.06 Å². The van der Waals surface area contributed by atoms with Crippen molar-refractivity contribution >= 4 is 0 Å². The molecule has 1 aromatic rings. The molecule has 1 heterocycles. The third-order valence-corrected chi connectivity index (χ3v) is 2.36. The fourth-order valence-electron chi connectivity index (χ4n) is 1.57. The minimum Gasteiger partial charge on any atom is -0.497 e. The molecule has 0 aromatic heterocycles. The molecule has 3 heteroatoms. The molecule has 0 aliphatic carbocycles. The predicted molar refractivity (Wildman–Crippen MR) is 54.4 cm³/mol. The van der Waals surface area contributed by atoms with E-state index in [9.17, 15) is 0 Å². The molecule has 1 aliphatic heterocycles. The lowest BCUT2D eigenvalue weighted by Gasteiger charge is -2.15. The van der Waals surface area contributed by atoms with Crippen molar-refractivity contribution in [3.63, 3.8) is 0 Å². The number of rotatable bonds is 3. The van der Waals surface area contributed by atoms with Crippen LogP contribution in [0.4, 0.5) is 0 Å². The van der Waals surface area contributed by atoms with E-state index in [1.54, 1.807) is 7.11 Å². The maximum Gasteiger partial charge on any atom is 0.147 e. The highest BCUT2D eigenvalue weighted by molar-refractivity contribution is 5.30. The molecule has 0 amide bonds. The maximum atomic E-state index is 5.65. The van der Waals surface area contributed by atoms with E-state index in [1.165, 1.54) is 12.8 Å². The molecule has 0 saturated carbocycles. The van der Waals surface area contributed by atoms with Crippen LogP contribution in [0.5, 0.6) is 11.5 Å². The molecular weight excluding hydrogens is 178 g/mol. The Bertz CT molecular complexity index is 278. The second kappa shape index (κ2) is 4.33. The fraction of sp³-hybridized carbons (Fsp3) is 0.455. The topological polar surface area (TPSA) is 21.7 Å². The molecule has 14 heavy (non-hydrogen) atoms. The average Bonchev–Trinajstić information content (AvgIpc) is 2.72. The van der Waals surface area contributed by atoms with Gasteiger partial charge in [-0.3, -0.25) is 0 Å². The second-order valence-electron chi connectivity index (χ2n) is 3.40. The summed E-state index contributed by atoms with van der Waals surface area (Å²) in [6.07, 6.45) is 2.46. The van der Waals surface area contributed by atoms with Crippen LogP contribution in [0, 0.1) is 0 Å². The van der Waals surface area contributed by atoms with Crippen molar-refractivity contribution in [2.45, 2.75) is 12.8 Å². The van der Waals surface area contributed by atoms with Crippen LogP contribution in [0.25, 0.3) is 0 Å². The number of nitrogens with zero attached hydrogens (tertiary/aromatic N) is 1. The molecule has 76 valence electrons. The summed E-state index contributed by atoms with van der Waals surface area (Å²) in [4.78, 5) is 5.65. The molecule has 0 radical (unpaired) electrons. The first-order valence-electron chi connectivity index (χ1n) is 4.95. The number of hydrogen-bond donors (Lipinski definition) is 0. The van der Waals surface area contributed by atoms with E-state index in [0.717, 1.165) is 24.6 Å². The van der Waals surface area contributed by atoms with Crippen LogP contribution in [0.1, 0.15) is 12.8 Å². The van der Waals surface area contributed by atoms with Gasteiger partial charge in [0.1, 0.15) is 11.5 Å². The second-order valence-corrected chi connectivity index (χ2v) is 3.40. The van der Waals surface area contributed by atoms with Crippen LogP contribution in [-0.2, 0) is 0 Å². The van der Waals surface area contributed by atoms with E-state index in [-0.39, 0.29) is 0 Å². The SMILES string of the molecule is COc1ccc(ON2CCCC2)cc1. The highest BCUT2D eigenvalue weighted by atomic mass is 16.7. The third-order valence-electron chi connectivity index (χ3n) is 2.36. The van der Waals surface area contributed by atoms with Gasteiger partial charge in [0.2, 0.25) is 0 Å². The highest BCUT2D eigenvalue weighted by Gasteiger charge is 2.12. The molecular formula is C11H15NO2. The first-order chi connectivity index (χ1) is 6.88. The summed E-state index contributed by atoms with van der Waals surface area (Å²) in [7, 11) is 1.66. The van der Waals surface area contributed by atoms with Gasteiger partial charge in [0.15, 0.2) is 0 Å². The molecule has 1 saturated heterocycles. The van der Waals surface area contributed by atoms with Crippen LogP contribution in [0.15, 0.2) is 24.3 Å². The summed E-state index contributed by atoms with van der Waals surface area (Å²) >= 11 is 0. The Morgan fingerprint density at radius 3 is 2.14 bits per heavy atom. The largest absolute Gasteiger partial charge is 0.497 e. The van der Waals surface area contributed by atoms with Crippen molar-refractivity contribution in [2.24, 2.45) is 0 Å². The van der Waals surface area contributed by atoms with Gasteiger partial charge >= 0.3 is 0 Å². The van der Waals surface area contributed by atoms with Gasteiger partial charge in [0.25, 0.3) is 0 Å². The summed E-state index contributed by atoms with van der Waals surface area (Å²) in [5.74, 6) is 1.74. The van der Waals surface area contributed by atoms with E-state index >= 15 is 0 Å². The Morgan fingerprint density at radius 2 is 1.57 bits per heavy atom. The normalized spacial score (nSPS) is 16.9. The minimum atomic E-state index is 0.860. The van der Waals surface area contributed by atoms with E-state index in [4.69, 9.17) is 9.57 Å². The zero-order valence-electron chi connectivity index (χ0n) is 8.40. The summed E-state index contributed by atoms with van der Waals surface area (Å²) in [6.45, 7) is 2.07. The molecule has 0 unspecified atom stereocenters. The molecule has 0 spiro atoms. The highest BCUT2D eigenvalue weighted by Crippen LogP contribution is 2.19. The summed E-state index contributed by atoms with van der Waals surface area (Å²) in [6, 6.07) is 7.67. The van der Waals surface area contributed by atoms with E-state index in [2.05, 4.69) is 0 Å². The number of benzene rings is 1. The maximum absolute atomic E-state index is 5.65. The summed E-state index contributed by atoms with van der Waals surface area (Å²) in [5.41, 5.74) is 0. The van der Waals surface area contributed by atoms with Gasteiger partial charge in [-0.05, 0) is 37.1 Å². The zero-order chi connectivity index (χ0) is 9.80. The Balaban J connectivity index is 1.95. The van der Waals surface area contributed by atoms with E-state index in [0.29, 0.717) is 0 Å². The van der Waals surface area contributed by atoms with E-state index in [1.807, 2.05) is 29.3 Å². The lowest BCUT2D eigenvalue weighted by Crippen LogP contribution is -2.23. The third kappa shape index (κ3) is 2.17. The molecule has 0 N–H and O–H groups in total. The van der Waals surface area contributed by atoms with Gasteiger partial charge in [-0.1, -0.05) is 0 Å². The van der Waals surface area contributed by atoms with Crippen molar-refractivity contribution in [1.29, 1.82) is 0 Å². The molecule has 0 atom stereocenters. The smallest absolute Gasteiger partial charge is 0.147 e. The van der Waals surface area contributed by atoms with Crippen molar-refractivity contribution in [1.82, 2.24) is 5.06 Å². The monoisotopic (exact) mass is 193 g/mol. The predicted octanol–water partition coefficient (Wildman–Crippen LogP) is 2.08. The average molecular weight is 193 g/mol. The first kappa shape index (κ1) is 9.34. The minimum absolute atomic E-state index is 0.860. The molecule has 1 aliphatic rings. The fourth-order valence-corrected chi connectivity index (χ4v) is 1.57. The van der Waals surface area contributed by atoms with Crippen LogP contribution in [0.3, 0.4) is 0 Å². The molecule has 1 fully saturated rings. The molecule has 0 bridgehead atoms. The Labute approximate surface area is 84.2 Å². The van der Waals surface area contributed by atoms with Crippen molar-refractivity contribution in [3.05, 3.63) is 24.3 Å². The van der Waals surface area contributed by atoms with Gasteiger partial charge in [-0.2, -0.15) is 0 Å². The van der Waals surface area contributed by atoms with Crippen LogP contribution in [0.2, 0.25) is 0 Å². The lowest BCUT2D eigenvalue weighted by molar-refractivity contribution is -0.0347. The Morgan fingerprint density at radius 1 is 1.00 bits per heavy atom. The summed E-state index contributed by atoms with van der Waals surface area (Å²) in [5, 5.41) is 2.00. The standard InChI is InChI=1S/C11H15NO2/c1-13-10-4-6-11(7-5-10)14-12-8-2-3-9-12/h4-7H,2-3,8-9H2,1H3. The van der Waals surface area contributed by atoms with Gasteiger partial charge in [0.05, 0.1) is 7.11 Å². The van der Waals surface area contributed by atoms with Crippen molar-refractivity contribution < 1.29 is 9.57 Å². The molecule has 1 aromatic carbocycles. The van der Waals surface area contributed by atoms with Crippen molar-refractivity contribution in [2.75, 3.05) is 20.2 Å². The van der Waals surface area contributed by atoms with Crippen LogP contribution in [-0.4, -0.2) is 25.3 Å². The number of hydroxylamine groups is 2. The van der Waals surface area contributed by atoms with E-state index < -0.39 is 0 Å². The Kier molecular flexibility index (Phi) is 2.89. The summed E-state index contributed by atoms with van der Waals surface area (Å²) < 4.78 is 5.07. The number of ether oxygens (including phenoxy) is 1. The quantitative estimate of drug-likeness (QED) is 0.733. The lowest BCUT2D eigenvalue weighted by atomic mass is 10.3. The van der Waals surface area contributed by atoms with Crippen LogP contribution >= 0.6 is 0 Å².